The summed E-state index contributed by atoms with van der Waals surface area (Å²) < 4.78 is 10.6. The first kappa shape index (κ1) is 14.9. The van der Waals surface area contributed by atoms with Crippen LogP contribution in [-0.2, 0) is 11.3 Å². The first-order chi connectivity index (χ1) is 11.1. The molecule has 0 radical (unpaired) electrons. The largest absolute Gasteiger partial charge is 0.454 e. The van der Waals surface area contributed by atoms with Crippen LogP contribution in [-0.4, -0.2) is 18.6 Å². The molecule has 0 atom stereocenters. The molecule has 6 heteroatoms. The Kier molecular flexibility index (Phi) is 4.14. The fourth-order valence-corrected chi connectivity index (χ4v) is 2.24. The van der Waals surface area contributed by atoms with E-state index in [0.29, 0.717) is 29.3 Å². The number of hydrogen-bond acceptors (Lipinski definition) is 4. The predicted molar refractivity (Wildman–Crippen MR) is 84.5 cm³/mol. The van der Waals surface area contributed by atoms with Gasteiger partial charge in [0.25, 0.3) is 5.91 Å². The smallest absolute Gasteiger partial charge is 0.251 e. The Morgan fingerprint density at radius 2 is 1.78 bits per heavy atom. The Morgan fingerprint density at radius 3 is 2.52 bits per heavy atom. The topological polar surface area (TPSA) is 76.7 Å². The molecule has 118 valence electrons. The molecule has 2 aromatic rings. The molecule has 2 aromatic carbocycles. The quantitative estimate of drug-likeness (QED) is 0.908. The molecule has 1 heterocycles. The van der Waals surface area contributed by atoms with Crippen molar-refractivity contribution in [2.75, 3.05) is 12.1 Å². The summed E-state index contributed by atoms with van der Waals surface area (Å²) in [6, 6.07) is 12.3. The molecule has 2 amide bonds. The summed E-state index contributed by atoms with van der Waals surface area (Å²) in [7, 11) is 0. The van der Waals surface area contributed by atoms with Gasteiger partial charge in [0.2, 0.25) is 12.7 Å². The molecule has 0 unspecified atom stereocenters. The maximum atomic E-state index is 12.1. The lowest BCUT2D eigenvalue weighted by Gasteiger charge is -2.07. The summed E-state index contributed by atoms with van der Waals surface area (Å²) in [6.07, 6.45) is 0. The SMILES string of the molecule is CC(=O)Nc1ccc(C(=O)NCc2ccc3c(c2)OCO3)cc1. The van der Waals surface area contributed by atoms with E-state index in [1.807, 2.05) is 18.2 Å². The molecule has 0 saturated heterocycles. The molecular formula is C17H16N2O4. The third-order valence-electron chi connectivity index (χ3n) is 3.36. The number of carbonyl (C=O) groups is 2. The summed E-state index contributed by atoms with van der Waals surface area (Å²) in [6.45, 7) is 2.06. The van der Waals surface area contributed by atoms with Crippen LogP contribution in [0.5, 0.6) is 11.5 Å². The maximum Gasteiger partial charge on any atom is 0.251 e. The van der Waals surface area contributed by atoms with Crippen LogP contribution in [0.25, 0.3) is 0 Å². The predicted octanol–water partition coefficient (Wildman–Crippen LogP) is 2.30. The van der Waals surface area contributed by atoms with Crippen LogP contribution in [0.15, 0.2) is 42.5 Å². The number of fused-ring (bicyclic) bond motifs is 1. The van der Waals surface area contributed by atoms with Crippen LogP contribution in [0.2, 0.25) is 0 Å². The van der Waals surface area contributed by atoms with E-state index < -0.39 is 0 Å². The lowest BCUT2D eigenvalue weighted by Crippen LogP contribution is -2.22. The van der Waals surface area contributed by atoms with Crippen LogP contribution in [0.4, 0.5) is 5.69 Å². The zero-order valence-corrected chi connectivity index (χ0v) is 12.6. The van der Waals surface area contributed by atoms with Crippen molar-refractivity contribution in [3.8, 4) is 11.5 Å². The maximum absolute atomic E-state index is 12.1. The molecule has 2 N–H and O–H groups in total. The van der Waals surface area contributed by atoms with Crippen LogP contribution in [0.3, 0.4) is 0 Å². The first-order valence-electron chi connectivity index (χ1n) is 7.16. The summed E-state index contributed by atoms with van der Waals surface area (Å²) >= 11 is 0. The van der Waals surface area contributed by atoms with Gasteiger partial charge in [-0.2, -0.15) is 0 Å². The monoisotopic (exact) mass is 312 g/mol. The van der Waals surface area contributed by atoms with E-state index >= 15 is 0 Å². The molecule has 23 heavy (non-hydrogen) atoms. The fraction of sp³-hybridized carbons (Fsp3) is 0.176. The second-order valence-corrected chi connectivity index (χ2v) is 5.13. The second-order valence-electron chi connectivity index (χ2n) is 5.13. The van der Waals surface area contributed by atoms with E-state index in [9.17, 15) is 9.59 Å². The van der Waals surface area contributed by atoms with Gasteiger partial charge in [-0.3, -0.25) is 9.59 Å². The number of carbonyl (C=O) groups excluding carboxylic acids is 2. The molecule has 0 aliphatic carbocycles. The minimum Gasteiger partial charge on any atom is -0.454 e. The van der Waals surface area contributed by atoms with E-state index in [2.05, 4.69) is 10.6 Å². The van der Waals surface area contributed by atoms with Crippen LogP contribution >= 0.6 is 0 Å². The van der Waals surface area contributed by atoms with E-state index in [0.717, 1.165) is 5.56 Å². The lowest BCUT2D eigenvalue weighted by molar-refractivity contribution is -0.114. The Hall–Kier alpha value is -3.02. The van der Waals surface area contributed by atoms with E-state index in [1.54, 1.807) is 24.3 Å². The van der Waals surface area contributed by atoms with Crippen molar-refractivity contribution in [3.05, 3.63) is 53.6 Å². The van der Waals surface area contributed by atoms with Gasteiger partial charge in [-0.05, 0) is 42.0 Å². The number of anilines is 1. The minimum atomic E-state index is -0.183. The summed E-state index contributed by atoms with van der Waals surface area (Å²) in [5, 5.41) is 5.50. The van der Waals surface area contributed by atoms with Crippen LogP contribution < -0.4 is 20.1 Å². The molecule has 1 aliphatic rings. The molecule has 0 saturated carbocycles. The number of nitrogens with one attached hydrogen (secondary N) is 2. The van der Waals surface area contributed by atoms with E-state index in [4.69, 9.17) is 9.47 Å². The molecule has 3 rings (SSSR count). The summed E-state index contributed by atoms with van der Waals surface area (Å²) in [5.74, 6) is 1.08. The Balaban J connectivity index is 1.59. The van der Waals surface area contributed by atoms with Gasteiger partial charge in [-0.15, -0.1) is 0 Å². The Morgan fingerprint density at radius 1 is 1.04 bits per heavy atom. The standard InChI is InChI=1S/C17H16N2O4/c1-11(20)19-14-5-3-13(4-6-14)17(21)18-9-12-2-7-15-16(8-12)23-10-22-15/h2-8H,9-10H2,1H3,(H,18,21)(H,19,20). The van der Waals surface area contributed by atoms with Gasteiger partial charge in [-0.1, -0.05) is 6.07 Å². The van der Waals surface area contributed by atoms with Crippen molar-refractivity contribution in [2.45, 2.75) is 13.5 Å². The number of benzene rings is 2. The Labute approximate surface area is 133 Å². The van der Waals surface area contributed by atoms with Gasteiger partial charge in [0.05, 0.1) is 0 Å². The highest BCUT2D eigenvalue weighted by atomic mass is 16.7. The van der Waals surface area contributed by atoms with Gasteiger partial charge in [-0.25, -0.2) is 0 Å². The molecule has 6 nitrogen and oxygen atoms in total. The minimum absolute atomic E-state index is 0.148. The average molecular weight is 312 g/mol. The molecule has 0 fully saturated rings. The van der Waals surface area contributed by atoms with Gasteiger partial charge in [0.15, 0.2) is 11.5 Å². The molecule has 0 aromatic heterocycles. The van der Waals surface area contributed by atoms with Crippen molar-refractivity contribution in [1.82, 2.24) is 5.32 Å². The van der Waals surface area contributed by atoms with E-state index in [-0.39, 0.29) is 18.6 Å². The van der Waals surface area contributed by atoms with Crippen LogP contribution in [0.1, 0.15) is 22.8 Å². The normalized spacial score (nSPS) is 11.9. The highest BCUT2D eigenvalue weighted by molar-refractivity contribution is 5.95. The Bertz CT molecular complexity index is 741. The zero-order chi connectivity index (χ0) is 16.2. The third-order valence-corrected chi connectivity index (χ3v) is 3.36. The van der Waals surface area contributed by atoms with Crippen molar-refractivity contribution in [1.29, 1.82) is 0 Å². The van der Waals surface area contributed by atoms with Gasteiger partial charge in [0, 0.05) is 24.7 Å². The first-order valence-corrected chi connectivity index (χ1v) is 7.16. The molecule has 0 spiro atoms. The third kappa shape index (κ3) is 3.60. The van der Waals surface area contributed by atoms with Gasteiger partial charge in [0.1, 0.15) is 0 Å². The van der Waals surface area contributed by atoms with E-state index in [1.165, 1.54) is 6.92 Å². The summed E-state index contributed by atoms with van der Waals surface area (Å²) in [5.41, 5.74) is 2.11. The van der Waals surface area contributed by atoms with Crippen molar-refractivity contribution in [2.24, 2.45) is 0 Å². The molecule has 1 aliphatic heterocycles. The molecular weight excluding hydrogens is 296 g/mol. The highest BCUT2D eigenvalue weighted by Crippen LogP contribution is 2.32. The number of rotatable bonds is 4. The summed E-state index contributed by atoms with van der Waals surface area (Å²) in [4.78, 5) is 23.1. The van der Waals surface area contributed by atoms with Crippen LogP contribution in [0, 0.1) is 0 Å². The van der Waals surface area contributed by atoms with Crippen molar-refractivity contribution < 1.29 is 19.1 Å². The van der Waals surface area contributed by atoms with Gasteiger partial charge < -0.3 is 20.1 Å². The average Bonchev–Trinajstić information content (AvgIpc) is 3.00. The number of hydrogen-bond donors (Lipinski definition) is 2. The van der Waals surface area contributed by atoms with Gasteiger partial charge >= 0.3 is 0 Å². The zero-order valence-electron chi connectivity index (χ0n) is 12.6. The number of ether oxygens (including phenoxy) is 2. The lowest BCUT2D eigenvalue weighted by atomic mass is 10.1. The molecule has 0 bridgehead atoms. The van der Waals surface area contributed by atoms with Crippen molar-refractivity contribution >= 4 is 17.5 Å². The number of amides is 2. The second kappa shape index (κ2) is 6.39. The van der Waals surface area contributed by atoms with Crippen molar-refractivity contribution in [3.63, 3.8) is 0 Å². The fourth-order valence-electron chi connectivity index (χ4n) is 2.24. The highest BCUT2D eigenvalue weighted by Gasteiger charge is 2.13.